The van der Waals surface area contributed by atoms with Gasteiger partial charge in [-0.15, -0.1) is 16.4 Å². The molecule has 0 saturated carbocycles. The number of hydrogen-bond acceptors (Lipinski definition) is 7. The lowest BCUT2D eigenvalue weighted by molar-refractivity contribution is -0.115. The molecule has 0 bridgehead atoms. The largest absolute Gasteiger partial charge is 0.326 e. The summed E-state index contributed by atoms with van der Waals surface area (Å²) in [6.45, 7) is 2.02. The number of rotatable bonds is 7. The molecule has 152 valence electrons. The number of carbonyl (C=O) groups is 1. The molecule has 0 fully saturated rings. The van der Waals surface area contributed by atoms with E-state index in [0.29, 0.717) is 5.75 Å². The van der Waals surface area contributed by atoms with Crippen LogP contribution in [0.5, 0.6) is 0 Å². The molecule has 0 unspecified atom stereocenters. The Balaban J connectivity index is 1.33. The fourth-order valence-electron chi connectivity index (χ4n) is 2.66. The van der Waals surface area contributed by atoms with Crippen LogP contribution in [-0.4, -0.2) is 20.7 Å². The van der Waals surface area contributed by atoms with Crippen molar-refractivity contribution in [3.8, 4) is 5.69 Å². The highest BCUT2D eigenvalue weighted by molar-refractivity contribution is 8.00. The molecule has 2 aromatic carbocycles. The van der Waals surface area contributed by atoms with Crippen molar-refractivity contribution >= 4 is 58.2 Å². The van der Waals surface area contributed by atoms with E-state index in [0.717, 1.165) is 35.9 Å². The summed E-state index contributed by atoms with van der Waals surface area (Å²) in [6, 6.07) is 17.6. The van der Waals surface area contributed by atoms with Gasteiger partial charge < -0.3 is 5.32 Å². The Morgan fingerprint density at radius 1 is 1.17 bits per heavy atom. The van der Waals surface area contributed by atoms with Crippen LogP contribution in [0.25, 0.3) is 5.69 Å². The number of aryl methyl sites for hydroxylation is 1. The number of thioether (sulfide) groups is 1. The first-order chi connectivity index (χ1) is 14.6. The summed E-state index contributed by atoms with van der Waals surface area (Å²) in [7, 11) is 0. The van der Waals surface area contributed by atoms with Crippen LogP contribution in [-0.2, 0) is 17.0 Å². The molecular weight excluding hydrogens is 453 g/mol. The number of amides is 1. The van der Waals surface area contributed by atoms with Gasteiger partial charge in [-0.2, -0.15) is 0 Å². The van der Waals surface area contributed by atoms with Gasteiger partial charge in [-0.3, -0.25) is 4.79 Å². The van der Waals surface area contributed by atoms with Crippen LogP contribution in [0.15, 0.2) is 64.3 Å². The van der Waals surface area contributed by atoms with Gasteiger partial charge in [0.1, 0.15) is 5.01 Å². The molecule has 0 saturated heterocycles. The first-order valence-electron chi connectivity index (χ1n) is 9.15. The lowest BCUT2D eigenvalue weighted by Gasteiger charge is -2.04. The predicted molar refractivity (Wildman–Crippen MR) is 127 cm³/mol. The molecule has 30 heavy (non-hydrogen) atoms. The number of hydrogen-bond donors (Lipinski definition) is 1. The van der Waals surface area contributed by atoms with Crippen LogP contribution in [0.1, 0.15) is 16.3 Å². The molecule has 4 aromatic rings. The highest BCUT2D eigenvalue weighted by Gasteiger charge is 2.11. The Hall–Kier alpha value is -2.33. The molecule has 0 spiro atoms. The minimum Gasteiger partial charge on any atom is -0.326 e. The van der Waals surface area contributed by atoms with E-state index in [1.165, 1.54) is 22.7 Å². The summed E-state index contributed by atoms with van der Waals surface area (Å²) in [5.74, 6) is 0.625. The van der Waals surface area contributed by atoms with Crippen molar-refractivity contribution in [2.24, 2.45) is 0 Å². The average molecular weight is 471 g/mol. The third-order valence-corrected chi connectivity index (χ3v) is 7.42. The first kappa shape index (κ1) is 20.9. The summed E-state index contributed by atoms with van der Waals surface area (Å²) < 4.78 is 3.40. The van der Waals surface area contributed by atoms with Crippen molar-refractivity contribution in [3.63, 3.8) is 0 Å². The monoisotopic (exact) mass is 470 g/mol. The van der Waals surface area contributed by atoms with Crippen LogP contribution in [0, 0.1) is 10.9 Å². The smallest absolute Gasteiger partial charge is 0.231 e. The average Bonchev–Trinajstić information content (AvgIpc) is 3.35. The van der Waals surface area contributed by atoms with Crippen molar-refractivity contribution in [1.82, 2.24) is 14.8 Å². The summed E-state index contributed by atoms with van der Waals surface area (Å²) >= 11 is 10.0. The minimum absolute atomic E-state index is 0.0630. The Kier molecular flexibility index (Phi) is 6.73. The van der Waals surface area contributed by atoms with Crippen LogP contribution in [0.4, 0.5) is 5.69 Å². The van der Waals surface area contributed by atoms with E-state index >= 15 is 0 Å². The zero-order valence-corrected chi connectivity index (χ0v) is 19.3. The molecular formula is C21H18N4OS4. The van der Waals surface area contributed by atoms with Crippen molar-refractivity contribution < 1.29 is 4.79 Å². The quantitative estimate of drug-likeness (QED) is 0.269. The van der Waals surface area contributed by atoms with Gasteiger partial charge in [0.05, 0.1) is 17.8 Å². The molecule has 1 N–H and O–H groups in total. The van der Waals surface area contributed by atoms with Crippen LogP contribution in [0.2, 0.25) is 0 Å². The molecule has 1 amide bonds. The van der Waals surface area contributed by atoms with Gasteiger partial charge >= 0.3 is 0 Å². The normalized spacial score (nSPS) is 10.8. The maximum Gasteiger partial charge on any atom is 0.231 e. The van der Waals surface area contributed by atoms with Gasteiger partial charge in [0.15, 0.2) is 8.29 Å². The molecule has 2 heterocycles. The molecule has 0 aliphatic rings. The molecule has 5 nitrogen and oxygen atoms in total. The van der Waals surface area contributed by atoms with E-state index in [4.69, 9.17) is 12.2 Å². The standard InChI is InChI=1S/C21H18N4OS4/c1-14-7-9-15(10-8-14)22-18(26)11-19-23-16(12-28-19)13-29-20-24-25(21(27)30-20)17-5-3-2-4-6-17/h2-10,12H,11,13H2,1H3,(H,22,26). The van der Waals surface area contributed by atoms with Gasteiger partial charge in [-0.05, 0) is 43.4 Å². The Morgan fingerprint density at radius 2 is 1.93 bits per heavy atom. The zero-order chi connectivity index (χ0) is 20.9. The predicted octanol–water partition coefficient (Wildman–Crippen LogP) is 5.90. The number of thiazole rings is 1. The third kappa shape index (κ3) is 5.42. The van der Waals surface area contributed by atoms with Gasteiger partial charge in [0.2, 0.25) is 5.91 Å². The summed E-state index contributed by atoms with van der Waals surface area (Å²) in [4.78, 5) is 16.8. The van der Waals surface area contributed by atoms with E-state index in [1.807, 2.05) is 66.9 Å². The molecule has 4 rings (SSSR count). The van der Waals surface area contributed by atoms with Crippen LogP contribution >= 0.6 is 46.7 Å². The first-order valence-corrected chi connectivity index (χ1v) is 12.2. The molecule has 2 aromatic heterocycles. The number of anilines is 1. The highest BCUT2D eigenvalue weighted by atomic mass is 32.2. The number of benzene rings is 2. The summed E-state index contributed by atoms with van der Waals surface area (Å²) in [5, 5.41) is 10.3. The van der Waals surface area contributed by atoms with Crippen molar-refractivity contribution in [3.05, 3.63) is 80.2 Å². The fourth-order valence-corrected chi connectivity index (χ4v) is 5.81. The Morgan fingerprint density at radius 3 is 2.70 bits per heavy atom. The van der Waals surface area contributed by atoms with Gasteiger partial charge in [0, 0.05) is 16.8 Å². The topological polar surface area (TPSA) is 59.8 Å². The lowest BCUT2D eigenvalue weighted by atomic mass is 10.2. The van der Waals surface area contributed by atoms with E-state index in [2.05, 4.69) is 15.4 Å². The van der Waals surface area contributed by atoms with Gasteiger partial charge in [-0.25, -0.2) is 9.67 Å². The number of carbonyl (C=O) groups excluding carboxylic acids is 1. The second-order valence-electron chi connectivity index (χ2n) is 6.49. The summed E-state index contributed by atoms with van der Waals surface area (Å²) in [5.41, 5.74) is 3.86. The molecule has 0 radical (unpaired) electrons. The second kappa shape index (κ2) is 9.65. The third-order valence-electron chi connectivity index (χ3n) is 4.12. The fraction of sp³-hybridized carbons (Fsp3) is 0.143. The van der Waals surface area contributed by atoms with Crippen molar-refractivity contribution in [2.75, 3.05) is 5.32 Å². The van der Waals surface area contributed by atoms with Gasteiger partial charge in [0.25, 0.3) is 0 Å². The number of nitrogens with one attached hydrogen (secondary N) is 1. The maximum absolute atomic E-state index is 12.3. The molecule has 0 aliphatic carbocycles. The van der Waals surface area contributed by atoms with Crippen molar-refractivity contribution in [2.45, 2.75) is 23.4 Å². The highest BCUT2D eigenvalue weighted by Crippen LogP contribution is 2.27. The number of aromatic nitrogens is 3. The number of para-hydroxylation sites is 1. The van der Waals surface area contributed by atoms with E-state index < -0.39 is 0 Å². The zero-order valence-electron chi connectivity index (χ0n) is 16.1. The minimum atomic E-state index is -0.0630. The second-order valence-corrected chi connectivity index (χ2v) is 10.3. The van der Waals surface area contributed by atoms with Gasteiger partial charge in [-0.1, -0.05) is 59.0 Å². The molecule has 9 heteroatoms. The Bertz CT molecular complexity index is 1200. The van der Waals surface area contributed by atoms with E-state index in [1.54, 1.807) is 16.4 Å². The summed E-state index contributed by atoms with van der Waals surface area (Å²) in [6.07, 6.45) is 0.269. The van der Waals surface area contributed by atoms with E-state index in [-0.39, 0.29) is 12.3 Å². The number of nitrogens with zero attached hydrogens (tertiary/aromatic N) is 3. The maximum atomic E-state index is 12.3. The van der Waals surface area contributed by atoms with Crippen molar-refractivity contribution in [1.29, 1.82) is 0 Å². The molecule has 0 atom stereocenters. The lowest BCUT2D eigenvalue weighted by Crippen LogP contribution is -2.14. The SMILES string of the molecule is Cc1ccc(NC(=O)Cc2nc(CSc3nn(-c4ccccc4)c(=S)s3)cs2)cc1. The Labute approximate surface area is 191 Å². The van der Waals surface area contributed by atoms with Crippen LogP contribution in [0.3, 0.4) is 0 Å². The van der Waals surface area contributed by atoms with Crippen LogP contribution < -0.4 is 5.32 Å². The van der Waals surface area contributed by atoms with E-state index in [9.17, 15) is 4.79 Å². The molecule has 0 aliphatic heterocycles.